The smallest absolute Gasteiger partial charge is 0.222 e. The van der Waals surface area contributed by atoms with Crippen LogP contribution in [0.25, 0.3) is 0 Å². The van der Waals surface area contributed by atoms with Gasteiger partial charge in [-0.25, -0.2) is 0 Å². The van der Waals surface area contributed by atoms with Crippen molar-refractivity contribution in [3.63, 3.8) is 0 Å². The van der Waals surface area contributed by atoms with Crippen LogP contribution in [0.4, 0.5) is 0 Å². The average Bonchev–Trinajstić information content (AvgIpc) is 2.32. The Morgan fingerprint density at radius 3 is 2.67 bits per heavy atom. The maximum Gasteiger partial charge on any atom is 0.222 e. The fourth-order valence-corrected chi connectivity index (χ4v) is 2.58. The molecule has 15 heavy (non-hydrogen) atoms. The van der Waals surface area contributed by atoms with Crippen molar-refractivity contribution in [2.75, 3.05) is 20.1 Å². The highest BCUT2D eigenvalue weighted by molar-refractivity contribution is 5.76. The summed E-state index contributed by atoms with van der Waals surface area (Å²) in [5.41, 5.74) is 6.12. The molecular weight excluding hydrogens is 188 g/mol. The number of amides is 1. The molecule has 1 fully saturated rings. The molecule has 1 aliphatic heterocycles. The highest BCUT2D eigenvalue weighted by Gasteiger charge is 2.33. The number of rotatable bonds is 3. The average molecular weight is 212 g/mol. The van der Waals surface area contributed by atoms with Gasteiger partial charge in [0.15, 0.2) is 0 Å². The molecule has 0 aliphatic carbocycles. The van der Waals surface area contributed by atoms with Gasteiger partial charge in [0.25, 0.3) is 0 Å². The van der Waals surface area contributed by atoms with Crippen LogP contribution < -0.4 is 5.73 Å². The van der Waals surface area contributed by atoms with E-state index in [0.29, 0.717) is 18.9 Å². The van der Waals surface area contributed by atoms with Gasteiger partial charge in [0, 0.05) is 20.0 Å². The van der Waals surface area contributed by atoms with Crippen LogP contribution in [0, 0.1) is 11.3 Å². The Balaban J connectivity index is 2.69. The molecular formula is C12H24N2O. The van der Waals surface area contributed by atoms with Gasteiger partial charge in [0.1, 0.15) is 0 Å². The van der Waals surface area contributed by atoms with Crippen molar-refractivity contribution in [3.05, 3.63) is 0 Å². The van der Waals surface area contributed by atoms with Crippen molar-refractivity contribution in [3.8, 4) is 0 Å². The van der Waals surface area contributed by atoms with Gasteiger partial charge in [0.2, 0.25) is 5.91 Å². The molecule has 1 saturated heterocycles. The van der Waals surface area contributed by atoms with Gasteiger partial charge >= 0.3 is 0 Å². The Bertz CT molecular complexity index is 228. The minimum Gasteiger partial charge on any atom is -0.346 e. The predicted octanol–water partition coefficient (Wildman–Crippen LogP) is 1.62. The van der Waals surface area contributed by atoms with Crippen molar-refractivity contribution < 1.29 is 4.79 Å². The second kappa shape index (κ2) is 4.97. The summed E-state index contributed by atoms with van der Waals surface area (Å²) in [4.78, 5) is 13.4. The minimum atomic E-state index is 0.203. The number of likely N-dealkylation sites (tertiary alicyclic amines) is 1. The monoisotopic (exact) mass is 212 g/mol. The number of nitrogens with zero attached hydrogens (tertiary/aromatic N) is 1. The van der Waals surface area contributed by atoms with Crippen LogP contribution in [0.3, 0.4) is 0 Å². The summed E-state index contributed by atoms with van der Waals surface area (Å²) < 4.78 is 0. The van der Waals surface area contributed by atoms with Crippen molar-refractivity contribution in [2.24, 2.45) is 17.1 Å². The molecule has 0 saturated carbocycles. The van der Waals surface area contributed by atoms with E-state index in [1.165, 1.54) is 0 Å². The molecule has 1 atom stereocenters. The summed E-state index contributed by atoms with van der Waals surface area (Å²) in [6, 6.07) is 0. The van der Waals surface area contributed by atoms with Crippen LogP contribution in [0.1, 0.15) is 39.5 Å². The zero-order chi connectivity index (χ0) is 11.5. The number of hydrogen-bond acceptors (Lipinski definition) is 2. The number of nitrogens with two attached hydrogens (primary N) is 1. The molecule has 1 heterocycles. The highest BCUT2D eigenvalue weighted by Crippen LogP contribution is 2.36. The van der Waals surface area contributed by atoms with E-state index in [-0.39, 0.29) is 11.3 Å². The van der Waals surface area contributed by atoms with Crippen LogP contribution >= 0.6 is 0 Å². The van der Waals surface area contributed by atoms with Crippen molar-refractivity contribution in [2.45, 2.75) is 39.5 Å². The summed E-state index contributed by atoms with van der Waals surface area (Å²) in [5.74, 6) is 0.932. The van der Waals surface area contributed by atoms with Gasteiger partial charge in [-0.3, -0.25) is 4.79 Å². The van der Waals surface area contributed by atoms with E-state index in [0.717, 1.165) is 25.8 Å². The maximum atomic E-state index is 11.6. The number of carbonyl (C=O) groups is 1. The summed E-state index contributed by atoms with van der Waals surface area (Å²) in [5, 5.41) is 0. The summed E-state index contributed by atoms with van der Waals surface area (Å²) in [6.07, 6.45) is 3.83. The van der Waals surface area contributed by atoms with Crippen LogP contribution in [0.2, 0.25) is 0 Å². The topological polar surface area (TPSA) is 46.3 Å². The first kappa shape index (κ1) is 12.5. The van der Waals surface area contributed by atoms with Crippen LogP contribution in [0.5, 0.6) is 0 Å². The molecule has 0 radical (unpaired) electrons. The molecule has 0 aromatic heterocycles. The van der Waals surface area contributed by atoms with Crippen LogP contribution in [-0.4, -0.2) is 30.9 Å². The zero-order valence-electron chi connectivity index (χ0n) is 10.3. The second-order valence-corrected chi connectivity index (χ2v) is 5.37. The largest absolute Gasteiger partial charge is 0.346 e. The van der Waals surface area contributed by atoms with Crippen molar-refractivity contribution in [1.29, 1.82) is 0 Å². The lowest BCUT2D eigenvalue weighted by atomic mass is 9.74. The SMILES string of the molecule is CC(C)CC1(CN)CCC(=O)N(C)CC1. The Hall–Kier alpha value is -0.570. The molecule has 0 bridgehead atoms. The minimum absolute atomic E-state index is 0.203. The maximum absolute atomic E-state index is 11.6. The van der Waals surface area contributed by atoms with E-state index < -0.39 is 0 Å². The fraction of sp³-hybridized carbons (Fsp3) is 0.917. The summed E-state index contributed by atoms with van der Waals surface area (Å²) in [6.45, 7) is 6.04. The highest BCUT2D eigenvalue weighted by atomic mass is 16.2. The van der Waals surface area contributed by atoms with Gasteiger partial charge in [-0.2, -0.15) is 0 Å². The lowest BCUT2D eigenvalue weighted by Gasteiger charge is -2.32. The molecule has 0 spiro atoms. The quantitative estimate of drug-likeness (QED) is 0.772. The molecule has 3 nitrogen and oxygen atoms in total. The number of hydrogen-bond donors (Lipinski definition) is 1. The summed E-state index contributed by atoms with van der Waals surface area (Å²) >= 11 is 0. The standard InChI is InChI=1S/C12H24N2O/c1-10(2)8-12(9-13)5-4-11(15)14(3)7-6-12/h10H,4-9,13H2,1-3H3. The predicted molar refractivity (Wildman–Crippen MR) is 62.4 cm³/mol. The second-order valence-electron chi connectivity index (χ2n) is 5.37. The van der Waals surface area contributed by atoms with Gasteiger partial charge < -0.3 is 10.6 Å². The van der Waals surface area contributed by atoms with E-state index in [2.05, 4.69) is 13.8 Å². The molecule has 0 aromatic carbocycles. The lowest BCUT2D eigenvalue weighted by molar-refractivity contribution is -0.129. The van der Waals surface area contributed by atoms with Crippen LogP contribution in [-0.2, 0) is 4.79 Å². The first-order chi connectivity index (χ1) is 6.99. The van der Waals surface area contributed by atoms with Gasteiger partial charge in [-0.05, 0) is 37.1 Å². The third-order valence-electron chi connectivity index (χ3n) is 3.55. The van der Waals surface area contributed by atoms with E-state index in [1.807, 2.05) is 11.9 Å². The van der Waals surface area contributed by atoms with Gasteiger partial charge in [-0.15, -0.1) is 0 Å². The van der Waals surface area contributed by atoms with Crippen molar-refractivity contribution in [1.82, 2.24) is 4.90 Å². The fourth-order valence-electron chi connectivity index (χ4n) is 2.58. The lowest BCUT2D eigenvalue weighted by Crippen LogP contribution is -2.33. The Morgan fingerprint density at radius 2 is 2.13 bits per heavy atom. The molecule has 1 aliphatic rings. The molecule has 1 unspecified atom stereocenters. The first-order valence-electron chi connectivity index (χ1n) is 5.93. The normalized spacial score (nSPS) is 28.3. The molecule has 3 heteroatoms. The van der Waals surface area contributed by atoms with Gasteiger partial charge in [0.05, 0.1) is 0 Å². The van der Waals surface area contributed by atoms with E-state index in [1.54, 1.807) is 0 Å². The third kappa shape index (κ3) is 3.20. The third-order valence-corrected chi connectivity index (χ3v) is 3.55. The summed E-state index contributed by atoms with van der Waals surface area (Å²) in [7, 11) is 1.89. The molecule has 0 aromatic rings. The number of carbonyl (C=O) groups excluding carboxylic acids is 1. The van der Waals surface area contributed by atoms with E-state index >= 15 is 0 Å². The molecule has 88 valence electrons. The van der Waals surface area contributed by atoms with Crippen molar-refractivity contribution >= 4 is 5.91 Å². The van der Waals surface area contributed by atoms with E-state index in [4.69, 9.17) is 5.73 Å². The molecule has 2 N–H and O–H groups in total. The van der Waals surface area contributed by atoms with Gasteiger partial charge in [-0.1, -0.05) is 13.8 Å². The Kier molecular flexibility index (Phi) is 4.14. The van der Waals surface area contributed by atoms with E-state index in [9.17, 15) is 4.79 Å². The zero-order valence-corrected chi connectivity index (χ0v) is 10.3. The molecule has 1 amide bonds. The molecule has 1 rings (SSSR count). The first-order valence-corrected chi connectivity index (χ1v) is 5.93. The van der Waals surface area contributed by atoms with Crippen LogP contribution in [0.15, 0.2) is 0 Å². The Morgan fingerprint density at radius 1 is 1.47 bits per heavy atom. The Labute approximate surface area is 93.0 Å².